The fraction of sp³-hybridized carbons (Fsp3) is 0.147. The molecule has 0 atom stereocenters. The predicted octanol–water partition coefficient (Wildman–Crippen LogP) is 5.00. The van der Waals surface area contributed by atoms with Crippen molar-refractivity contribution in [1.82, 2.24) is 9.13 Å². The van der Waals surface area contributed by atoms with Crippen molar-refractivity contribution in [1.29, 1.82) is 0 Å². The summed E-state index contributed by atoms with van der Waals surface area (Å²) in [6.45, 7) is 5.29. The van der Waals surface area contributed by atoms with Crippen LogP contribution in [0.15, 0.2) is 94.6 Å². The maximum Gasteiger partial charge on any atom is 0.340 e. The van der Waals surface area contributed by atoms with Gasteiger partial charge in [-0.1, -0.05) is 36.4 Å². The van der Waals surface area contributed by atoms with E-state index in [4.69, 9.17) is 5.73 Å². The molecular weight excluding hydrogens is 533 g/mol. The summed E-state index contributed by atoms with van der Waals surface area (Å²) in [5.41, 5.74) is 11.5. The zero-order valence-corrected chi connectivity index (χ0v) is 23.3. The van der Waals surface area contributed by atoms with Crippen LogP contribution in [0.5, 0.6) is 0 Å². The normalized spacial score (nSPS) is 12.2. The van der Waals surface area contributed by atoms with Crippen molar-refractivity contribution in [2.45, 2.75) is 32.8 Å². The molecule has 1 aliphatic rings. The molecule has 1 aromatic heterocycles. The number of nitrogens with zero attached hydrogens (tertiary/aromatic N) is 2. The summed E-state index contributed by atoms with van der Waals surface area (Å²) in [5, 5.41) is 10.6. The fourth-order valence-electron chi connectivity index (χ4n) is 5.81. The first-order valence-corrected chi connectivity index (χ1v) is 13.5. The van der Waals surface area contributed by atoms with Gasteiger partial charge in [-0.05, 0) is 108 Å². The number of amides is 1. The van der Waals surface area contributed by atoms with Gasteiger partial charge in [-0.25, -0.2) is 13.8 Å². The minimum Gasteiger partial charge on any atom is -0.386 e. The lowest BCUT2D eigenvalue weighted by molar-refractivity contribution is 0.0785. The molecule has 8 heteroatoms. The van der Waals surface area contributed by atoms with E-state index in [1.165, 1.54) is 41.1 Å². The number of carbonyl (C=O) groups excluding carboxylic acids is 1. The van der Waals surface area contributed by atoms with E-state index in [1.54, 1.807) is 32.0 Å². The van der Waals surface area contributed by atoms with Gasteiger partial charge in [0, 0.05) is 17.8 Å². The number of aliphatic hydroxyl groups is 1. The number of fused-ring (bicyclic) bond motifs is 3. The Morgan fingerprint density at radius 1 is 0.929 bits per heavy atom. The summed E-state index contributed by atoms with van der Waals surface area (Å²) in [5.74, 6) is -0.965. The first-order valence-electron chi connectivity index (χ1n) is 13.5. The van der Waals surface area contributed by atoms with Gasteiger partial charge in [0.15, 0.2) is 0 Å². The highest BCUT2D eigenvalue weighted by molar-refractivity contribution is 6.02. The Kier molecular flexibility index (Phi) is 6.31. The Balaban J connectivity index is 1.56. The summed E-state index contributed by atoms with van der Waals surface area (Å²) in [7, 11) is 0. The second kappa shape index (κ2) is 9.78. The van der Waals surface area contributed by atoms with E-state index >= 15 is 0 Å². The highest BCUT2D eigenvalue weighted by Crippen LogP contribution is 2.46. The van der Waals surface area contributed by atoms with Crippen LogP contribution < -0.4 is 17.0 Å². The molecule has 4 aromatic carbocycles. The number of carbonyl (C=O) groups is 1. The summed E-state index contributed by atoms with van der Waals surface area (Å²) in [6, 6.07) is 21.5. The number of primary amides is 1. The van der Waals surface area contributed by atoms with Gasteiger partial charge in [0.05, 0.1) is 17.0 Å². The van der Waals surface area contributed by atoms with Crippen molar-refractivity contribution in [3.05, 3.63) is 140 Å². The Bertz CT molecular complexity index is 2030. The molecule has 210 valence electrons. The van der Waals surface area contributed by atoms with E-state index in [0.717, 1.165) is 43.5 Å². The molecule has 0 spiro atoms. The van der Waals surface area contributed by atoms with Crippen LogP contribution in [-0.2, 0) is 12.0 Å². The van der Waals surface area contributed by atoms with E-state index in [-0.39, 0.29) is 0 Å². The highest BCUT2D eigenvalue weighted by atomic mass is 19.1. The molecule has 1 heterocycles. The Morgan fingerprint density at radius 3 is 2.33 bits per heavy atom. The third-order valence-corrected chi connectivity index (χ3v) is 7.95. The molecule has 0 bridgehead atoms. The van der Waals surface area contributed by atoms with Crippen molar-refractivity contribution in [2.24, 2.45) is 5.73 Å². The monoisotopic (exact) mass is 561 g/mol. The smallest absolute Gasteiger partial charge is 0.340 e. The Labute approximate surface area is 240 Å². The van der Waals surface area contributed by atoms with Crippen LogP contribution in [0, 0.1) is 12.7 Å². The van der Waals surface area contributed by atoms with Gasteiger partial charge in [-0.15, -0.1) is 0 Å². The van der Waals surface area contributed by atoms with Gasteiger partial charge < -0.3 is 10.8 Å². The van der Waals surface area contributed by atoms with E-state index in [0.29, 0.717) is 28.9 Å². The highest BCUT2D eigenvalue weighted by Gasteiger charge is 2.29. The van der Waals surface area contributed by atoms with Gasteiger partial charge >= 0.3 is 5.69 Å². The fourth-order valence-corrected chi connectivity index (χ4v) is 5.81. The van der Waals surface area contributed by atoms with E-state index in [1.807, 2.05) is 37.3 Å². The standard InChI is InChI=1S/C34H28FN3O4/c1-19-24(5-4-6-29(19)38-30(39)15-16-37(33(38)41)23-10-8-22(35)9-11-23)26-13-14-27(32(36)40)28-18-20-17-21(34(2,3)42)7-12-25(20)31(26)28/h4-17,42H,18H2,1-3H3,(H2,36,40). The van der Waals surface area contributed by atoms with Crippen molar-refractivity contribution >= 4 is 5.91 Å². The third-order valence-electron chi connectivity index (χ3n) is 7.95. The van der Waals surface area contributed by atoms with Crippen LogP contribution in [0.2, 0.25) is 0 Å². The molecule has 0 fully saturated rings. The zero-order valence-electron chi connectivity index (χ0n) is 23.3. The maximum absolute atomic E-state index is 13.6. The maximum atomic E-state index is 13.6. The van der Waals surface area contributed by atoms with Gasteiger partial charge in [0.1, 0.15) is 5.82 Å². The second-order valence-electron chi connectivity index (χ2n) is 11.1. The molecule has 0 saturated heterocycles. The lowest BCUT2D eigenvalue weighted by atomic mass is 9.88. The lowest BCUT2D eigenvalue weighted by Gasteiger charge is -2.19. The van der Waals surface area contributed by atoms with Gasteiger partial charge in [0.25, 0.3) is 5.56 Å². The van der Waals surface area contributed by atoms with E-state index in [9.17, 15) is 23.9 Å². The number of nitrogens with two attached hydrogens (primary N) is 1. The van der Waals surface area contributed by atoms with Gasteiger partial charge in [-0.2, -0.15) is 0 Å². The molecule has 6 rings (SSSR count). The summed E-state index contributed by atoms with van der Waals surface area (Å²) >= 11 is 0. The summed E-state index contributed by atoms with van der Waals surface area (Å²) < 4.78 is 15.9. The van der Waals surface area contributed by atoms with Gasteiger partial charge in [0.2, 0.25) is 5.91 Å². The van der Waals surface area contributed by atoms with Crippen LogP contribution in [0.4, 0.5) is 4.39 Å². The molecule has 0 aliphatic heterocycles. The minimum absolute atomic E-state index is 0.405. The molecular formula is C34H28FN3O4. The van der Waals surface area contributed by atoms with E-state index < -0.39 is 28.6 Å². The molecule has 0 radical (unpaired) electrons. The molecule has 0 saturated carbocycles. The molecule has 1 amide bonds. The van der Waals surface area contributed by atoms with E-state index in [2.05, 4.69) is 0 Å². The topological polar surface area (TPSA) is 107 Å². The number of benzene rings is 4. The van der Waals surface area contributed by atoms with Crippen molar-refractivity contribution in [3.8, 4) is 33.6 Å². The number of hydrogen-bond acceptors (Lipinski definition) is 4. The molecule has 7 nitrogen and oxygen atoms in total. The third kappa shape index (κ3) is 4.37. The number of hydrogen-bond donors (Lipinski definition) is 2. The SMILES string of the molecule is Cc1c(-c2ccc(C(N)=O)c3c2-c2ccc(C(C)(C)O)cc2C3)cccc1-n1c(=O)ccn(-c2ccc(F)cc2)c1=O. The molecule has 3 N–H and O–H groups in total. The molecule has 5 aromatic rings. The number of rotatable bonds is 5. The van der Waals surface area contributed by atoms with Crippen LogP contribution in [-0.4, -0.2) is 20.1 Å². The molecule has 42 heavy (non-hydrogen) atoms. The van der Waals surface area contributed by atoms with Crippen molar-refractivity contribution in [2.75, 3.05) is 0 Å². The lowest BCUT2D eigenvalue weighted by Crippen LogP contribution is -2.37. The van der Waals surface area contributed by atoms with Crippen molar-refractivity contribution < 1.29 is 14.3 Å². The number of aromatic nitrogens is 2. The van der Waals surface area contributed by atoms with Gasteiger partial charge in [-0.3, -0.25) is 14.2 Å². The quantitative estimate of drug-likeness (QED) is 0.309. The largest absolute Gasteiger partial charge is 0.386 e. The first kappa shape index (κ1) is 27.1. The zero-order chi connectivity index (χ0) is 29.9. The average Bonchev–Trinajstić information content (AvgIpc) is 3.33. The Morgan fingerprint density at radius 2 is 1.64 bits per heavy atom. The molecule has 0 unspecified atom stereocenters. The van der Waals surface area contributed by atoms with Crippen LogP contribution in [0.3, 0.4) is 0 Å². The van der Waals surface area contributed by atoms with Crippen LogP contribution in [0.1, 0.15) is 46.5 Å². The average molecular weight is 562 g/mol. The Hall–Kier alpha value is -5.08. The summed E-state index contributed by atoms with van der Waals surface area (Å²) in [6.07, 6.45) is 1.85. The van der Waals surface area contributed by atoms with Crippen LogP contribution in [0.25, 0.3) is 33.6 Å². The summed E-state index contributed by atoms with van der Waals surface area (Å²) in [4.78, 5) is 39.1. The molecule has 1 aliphatic carbocycles. The first-order chi connectivity index (χ1) is 20.0. The second-order valence-corrected chi connectivity index (χ2v) is 11.1. The minimum atomic E-state index is -1.03. The van der Waals surface area contributed by atoms with Crippen LogP contribution >= 0.6 is 0 Å². The number of halogens is 1. The van der Waals surface area contributed by atoms with Crippen molar-refractivity contribution in [3.63, 3.8) is 0 Å². The predicted molar refractivity (Wildman–Crippen MR) is 160 cm³/mol.